The van der Waals surface area contributed by atoms with Gasteiger partial charge in [0.05, 0.1) is 25.2 Å². The highest BCUT2D eigenvalue weighted by molar-refractivity contribution is 5.66. The van der Waals surface area contributed by atoms with Crippen molar-refractivity contribution >= 4 is 5.82 Å². The number of aromatic nitrogens is 4. The van der Waals surface area contributed by atoms with E-state index in [1.54, 1.807) is 0 Å². The minimum atomic E-state index is 0.0490. The first-order valence-corrected chi connectivity index (χ1v) is 8.57. The van der Waals surface area contributed by atoms with Gasteiger partial charge in [-0.05, 0) is 0 Å². The third kappa shape index (κ3) is 2.35. The molecular formula is C18H20N6O. The quantitative estimate of drug-likeness (QED) is 0.776. The minimum absolute atomic E-state index is 0.0490. The molecule has 5 rings (SSSR count). The van der Waals surface area contributed by atoms with Crippen molar-refractivity contribution in [3.63, 3.8) is 0 Å². The van der Waals surface area contributed by atoms with Gasteiger partial charge in [0.1, 0.15) is 17.7 Å². The summed E-state index contributed by atoms with van der Waals surface area (Å²) in [4.78, 5) is 7.03. The lowest BCUT2D eigenvalue weighted by Crippen LogP contribution is -2.44. The van der Waals surface area contributed by atoms with E-state index in [4.69, 9.17) is 9.84 Å². The molecule has 7 nitrogen and oxygen atoms in total. The van der Waals surface area contributed by atoms with Crippen LogP contribution in [-0.2, 0) is 11.8 Å². The van der Waals surface area contributed by atoms with Crippen LogP contribution in [-0.4, -0.2) is 50.5 Å². The summed E-state index contributed by atoms with van der Waals surface area (Å²) in [6.07, 6.45) is 1.91. The highest BCUT2D eigenvalue weighted by Crippen LogP contribution is 2.36. The summed E-state index contributed by atoms with van der Waals surface area (Å²) in [5.41, 5.74) is 3.08. The van der Waals surface area contributed by atoms with Gasteiger partial charge >= 0.3 is 0 Å². The van der Waals surface area contributed by atoms with Gasteiger partial charge < -0.3 is 14.6 Å². The second-order valence-electron chi connectivity index (χ2n) is 6.45. The largest absolute Gasteiger partial charge is 0.379 e. The summed E-state index contributed by atoms with van der Waals surface area (Å²) >= 11 is 0. The van der Waals surface area contributed by atoms with Gasteiger partial charge in [0.25, 0.3) is 0 Å². The third-order valence-corrected chi connectivity index (χ3v) is 4.87. The molecule has 25 heavy (non-hydrogen) atoms. The first-order chi connectivity index (χ1) is 12.3. The Morgan fingerprint density at radius 3 is 2.76 bits per heavy atom. The molecule has 3 aromatic rings. The maximum absolute atomic E-state index is 5.50. The van der Waals surface area contributed by atoms with Crippen LogP contribution in [0.5, 0.6) is 0 Å². The molecule has 2 aliphatic heterocycles. The van der Waals surface area contributed by atoms with E-state index in [2.05, 4.69) is 33.4 Å². The lowest BCUT2D eigenvalue weighted by atomic mass is 10.1. The number of morpholine rings is 1. The smallest absolute Gasteiger partial charge is 0.162 e. The molecule has 0 aliphatic carbocycles. The number of hydrogen-bond acceptors (Lipinski definition) is 5. The molecule has 128 valence electrons. The molecule has 1 N–H and O–H groups in total. The molecule has 0 radical (unpaired) electrons. The van der Waals surface area contributed by atoms with Crippen LogP contribution in [0.1, 0.15) is 11.9 Å². The van der Waals surface area contributed by atoms with Crippen LogP contribution in [0, 0.1) is 0 Å². The lowest BCUT2D eigenvalue weighted by molar-refractivity contribution is 0.0204. The van der Waals surface area contributed by atoms with Gasteiger partial charge in [0, 0.05) is 31.8 Å². The summed E-state index contributed by atoms with van der Waals surface area (Å²) in [6.45, 7) is 3.31. The Hall–Kier alpha value is -2.64. The van der Waals surface area contributed by atoms with E-state index < -0.39 is 0 Å². The number of fused-ring (bicyclic) bond motifs is 3. The van der Waals surface area contributed by atoms with Crippen LogP contribution in [0.4, 0.5) is 5.82 Å². The molecular weight excluding hydrogens is 316 g/mol. The fraction of sp³-hybridized carbons (Fsp3) is 0.333. The number of benzene rings is 1. The number of nitrogens with one attached hydrogen (secondary N) is 1. The van der Waals surface area contributed by atoms with Crippen LogP contribution in [0.25, 0.3) is 17.1 Å². The summed E-state index contributed by atoms with van der Waals surface area (Å²) in [6, 6.07) is 12.4. The topological polar surface area (TPSA) is 60.1 Å². The Balaban J connectivity index is 1.60. The van der Waals surface area contributed by atoms with E-state index in [0.717, 1.165) is 54.9 Å². The monoisotopic (exact) mass is 336 g/mol. The van der Waals surface area contributed by atoms with Gasteiger partial charge in [-0.1, -0.05) is 30.3 Å². The summed E-state index contributed by atoms with van der Waals surface area (Å²) in [5.74, 6) is 2.01. The number of hydrogen-bond donors (Lipinski definition) is 1. The molecule has 1 aromatic carbocycles. The van der Waals surface area contributed by atoms with Gasteiger partial charge in [-0.2, -0.15) is 9.78 Å². The molecule has 0 bridgehead atoms. The zero-order valence-corrected chi connectivity index (χ0v) is 14.1. The standard InChI is InChI=1S/C18H20N6O/c1-22-12-19-16-17(23-7-9-25-10-8-23)20-15-11-14(21-24(15)18(16)22)13-5-3-2-4-6-13/h2-6,11-12,17,20H,7-10H2,1H3. The molecule has 7 heteroatoms. The number of nitrogens with zero attached hydrogens (tertiary/aromatic N) is 5. The minimum Gasteiger partial charge on any atom is -0.379 e. The summed E-state index contributed by atoms with van der Waals surface area (Å²) in [7, 11) is 2.02. The normalized spacial score (nSPS) is 20.0. The van der Waals surface area contributed by atoms with Gasteiger partial charge in [-0.3, -0.25) is 4.90 Å². The van der Waals surface area contributed by atoms with Gasteiger partial charge in [0.2, 0.25) is 0 Å². The maximum Gasteiger partial charge on any atom is 0.162 e. The zero-order valence-electron chi connectivity index (χ0n) is 14.1. The van der Waals surface area contributed by atoms with Crippen molar-refractivity contribution in [1.82, 2.24) is 24.2 Å². The Morgan fingerprint density at radius 1 is 1.16 bits per heavy atom. The van der Waals surface area contributed by atoms with Crippen molar-refractivity contribution in [2.75, 3.05) is 31.6 Å². The summed E-state index contributed by atoms with van der Waals surface area (Å²) < 4.78 is 9.50. The second kappa shape index (κ2) is 5.72. The van der Waals surface area contributed by atoms with Crippen LogP contribution in [0.3, 0.4) is 0 Å². The Morgan fingerprint density at radius 2 is 1.96 bits per heavy atom. The molecule has 2 aromatic heterocycles. The van der Waals surface area contributed by atoms with Crippen LogP contribution < -0.4 is 5.32 Å². The number of anilines is 1. The molecule has 0 spiro atoms. The molecule has 1 fully saturated rings. The number of aryl methyl sites for hydroxylation is 1. The van der Waals surface area contributed by atoms with Gasteiger partial charge in [-0.15, -0.1) is 0 Å². The molecule has 1 unspecified atom stereocenters. The first-order valence-electron chi connectivity index (χ1n) is 8.57. The van der Waals surface area contributed by atoms with Crippen LogP contribution in [0.15, 0.2) is 42.7 Å². The Labute approximate surface area is 145 Å². The van der Waals surface area contributed by atoms with E-state index in [-0.39, 0.29) is 6.17 Å². The number of imidazole rings is 1. The Kier molecular flexibility index (Phi) is 3.36. The van der Waals surface area contributed by atoms with Crippen LogP contribution >= 0.6 is 0 Å². The van der Waals surface area contributed by atoms with Gasteiger partial charge in [-0.25, -0.2) is 4.98 Å². The fourth-order valence-electron chi connectivity index (χ4n) is 3.60. The average Bonchev–Trinajstić information content (AvgIpc) is 3.26. The van der Waals surface area contributed by atoms with Crippen molar-refractivity contribution < 1.29 is 4.74 Å². The fourth-order valence-corrected chi connectivity index (χ4v) is 3.60. The van der Waals surface area contributed by atoms with Crippen molar-refractivity contribution in [1.29, 1.82) is 0 Å². The van der Waals surface area contributed by atoms with E-state index in [0.29, 0.717) is 0 Å². The van der Waals surface area contributed by atoms with E-state index in [1.807, 2.05) is 40.8 Å². The van der Waals surface area contributed by atoms with Gasteiger partial charge in [0.15, 0.2) is 5.82 Å². The van der Waals surface area contributed by atoms with E-state index >= 15 is 0 Å². The highest BCUT2D eigenvalue weighted by Gasteiger charge is 2.34. The van der Waals surface area contributed by atoms with Crippen molar-refractivity contribution in [3.05, 3.63) is 48.4 Å². The number of ether oxygens (including phenoxy) is 1. The first kappa shape index (κ1) is 14.7. The number of rotatable bonds is 2. The van der Waals surface area contributed by atoms with Crippen molar-refractivity contribution in [2.24, 2.45) is 7.05 Å². The molecule has 4 heterocycles. The summed E-state index contributed by atoms with van der Waals surface area (Å²) in [5, 5.41) is 8.45. The molecule has 0 amide bonds. The Bertz CT molecular complexity index is 894. The van der Waals surface area contributed by atoms with Crippen molar-refractivity contribution in [2.45, 2.75) is 6.17 Å². The third-order valence-electron chi connectivity index (χ3n) is 4.87. The maximum atomic E-state index is 5.50. The molecule has 0 saturated carbocycles. The molecule has 1 atom stereocenters. The molecule has 2 aliphatic rings. The average molecular weight is 336 g/mol. The molecule has 1 saturated heterocycles. The lowest BCUT2D eigenvalue weighted by Gasteiger charge is -2.36. The SMILES string of the molecule is Cn1cnc2c1-n1nc(-c3ccccc3)cc1NC2N1CCOCC1. The van der Waals surface area contributed by atoms with Crippen LogP contribution in [0.2, 0.25) is 0 Å². The predicted octanol–water partition coefficient (Wildman–Crippen LogP) is 2.03. The van der Waals surface area contributed by atoms with E-state index in [1.165, 1.54) is 0 Å². The predicted molar refractivity (Wildman–Crippen MR) is 94.5 cm³/mol. The zero-order chi connectivity index (χ0) is 16.8. The second-order valence-corrected chi connectivity index (χ2v) is 6.45. The highest BCUT2D eigenvalue weighted by atomic mass is 16.5. The van der Waals surface area contributed by atoms with E-state index in [9.17, 15) is 0 Å². The van der Waals surface area contributed by atoms with Crippen molar-refractivity contribution in [3.8, 4) is 17.1 Å².